The number of methoxy groups -OCH3 is 1. The molecule has 0 fully saturated rings. The Bertz CT molecular complexity index is 756. The maximum Gasteiger partial charge on any atom is 0.251 e. The minimum absolute atomic E-state index is 0.0319. The lowest BCUT2D eigenvalue weighted by Crippen LogP contribution is -2.25. The summed E-state index contributed by atoms with van der Waals surface area (Å²) in [7, 11) is 1.63. The van der Waals surface area contributed by atoms with E-state index in [9.17, 15) is 9.59 Å². The summed E-state index contributed by atoms with van der Waals surface area (Å²) in [5.74, 6) is 0.648. The molecule has 0 saturated heterocycles. The van der Waals surface area contributed by atoms with E-state index in [0.717, 1.165) is 29.0 Å². The Labute approximate surface area is 134 Å². The fourth-order valence-corrected chi connectivity index (χ4v) is 2.62. The molecule has 2 aromatic rings. The average Bonchev–Trinajstić information content (AvgIpc) is 2.94. The van der Waals surface area contributed by atoms with Gasteiger partial charge in [-0.05, 0) is 47.9 Å². The van der Waals surface area contributed by atoms with Gasteiger partial charge in [0, 0.05) is 17.8 Å². The van der Waals surface area contributed by atoms with Gasteiger partial charge in [0.05, 0.1) is 13.5 Å². The summed E-state index contributed by atoms with van der Waals surface area (Å²) < 4.78 is 5.18. The average molecular weight is 310 g/mol. The van der Waals surface area contributed by atoms with Crippen LogP contribution in [-0.2, 0) is 17.6 Å². The third kappa shape index (κ3) is 3.51. The largest absolute Gasteiger partial charge is 0.497 e. The Morgan fingerprint density at radius 3 is 2.96 bits per heavy atom. The van der Waals surface area contributed by atoms with Crippen LogP contribution in [-0.4, -0.2) is 25.5 Å². The maximum absolute atomic E-state index is 12.2. The van der Waals surface area contributed by atoms with E-state index in [2.05, 4.69) is 10.6 Å². The molecule has 0 radical (unpaired) electrons. The first-order chi connectivity index (χ1) is 11.2. The summed E-state index contributed by atoms with van der Waals surface area (Å²) in [6.45, 7) is 0.542. The predicted octanol–water partition coefficient (Wildman–Crippen LogP) is 2.16. The van der Waals surface area contributed by atoms with Crippen LogP contribution >= 0.6 is 0 Å². The van der Waals surface area contributed by atoms with Crippen LogP contribution in [0.25, 0.3) is 0 Å². The lowest BCUT2D eigenvalue weighted by molar-refractivity contribution is -0.115. The number of amides is 2. The Morgan fingerprint density at radius 2 is 2.13 bits per heavy atom. The number of carbonyl (C=O) groups is 2. The van der Waals surface area contributed by atoms with Gasteiger partial charge in [-0.2, -0.15) is 0 Å². The lowest BCUT2D eigenvalue weighted by Gasteiger charge is -2.08. The highest BCUT2D eigenvalue weighted by Crippen LogP contribution is 2.23. The fourth-order valence-electron chi connectivity index (χ4n) is 2.62. The summed E-state index contributed by atoms with van der Waals surface area (Å²) >= 11 is 0. The second-order valence-corrected chi connectivity index (χ2v) is 5.45. The molecule has 2 amide bonds. The van der Waals surface area contributed by atoms with E-state index >= 15 is 0 Å². The highest BCUT2D eigenvalue weighted by molar-refractivity contribution is 6.01. The molecular weight excluding hydrogens is 292 g/mol. The number of fused-ring (bicyclic) bond motifs is 1. The molecule has 0 atom stereocenters. The van der Waals surface area contributed by atoms with E-state index in [0.29, 0.717) is 18.5 Å². The molecule has 0 unspecified atom stereocenters. The number of carbonyl (C=O) groups excluding carboxylic acids is 2. The number of nitrogens with one attached hydrogen (secondary N) is 2. The second kappa shape index (κ2) is 6.52. The van der Waals surface area contributed by atoms with Gasteiger partial charge in [0.1, 0.15) is 5.75 Å². The first-order valence-electron chi connectivity index (χ1n) is 7.49. The molecule has 23 heavy (non-hydrogen) atoms. The van der Waals surface area contributed by atoms with Gasteiger partial charge in [-0.3, -0.25) is 9.59 Å². The number of rotatable bonds is 5. The van der Waals surface area contributed by atoms with E-state index in [1.54, 1.807) is 25.3 Å². The Kier molecular flexibility index (Phi) is 4.28. The zero-order valence-corrected chi connectivity index (χ0v) is 12.9. The van der Waals surface area contributed by atoms with Crippen molar-refractivity contribution < 1.29 is 14.3 Å². The third-order valence-corrected chi connectivity index (χ3v) is 3.83. The van der Waals surface area contributed by atoms with Gasteiger partial charge in [0.15, 0.2) is 0 Å². The van der Waals surface area contributed by atoms with Crippen molar-refractivity contribution in [3.8, 4) is 5.75 Å². The van der Waals surface area contributed by atoms with E-state index in [4.69, 9.17) is 4.74 Å². The molecule has 0 aliphatic carbocycles. The standard InChI is InChI=1S/C18H18N2O3/c1-23-15-4-2-3-12(9-15)7-8-19-18(22)13-5-6-16-14(10-13)11-17(21)20-16/h2-6,9-10H,7-8,11H2,1H3,(H,19,22)(H,20,21). The van der Waals surface area contributed by atoms with Crippen molar-refractivity contribution >= 4 is 17.5 Å². The molecule has 1 aliphatic rings. The Morgan fingerprint density at radius 1 is 1.26 bits per heavy atom. The van der Waals surface area contributed by atoms with Gasteiger partial charge in [-0.15, -0.1) is 0 Å². The SMILES string of the molecule is COc1cccc(CCNC(=O)c2ccc3c(c2)CC(=O)N3)c1. The number of hydrogen-bond acceptors (Lipinski definition) is 3. The zero-order valence-electron chi connectivity index (χ0n) is 12.9. The molecule has 118 valence electrons. The van der Waals surface area contributed by atoms with E-state index in [-0.39, 0.29) is 11.8 Å². The van der Waals surface area contributed by atoms with E-state index < -0.39 is 0 Å². The predicted molar refractivity (Wildman–Crippen MR) is 87.8 cm³/mol. The van der Waals surface area contributed by atoms with Crippen LogP contribution in [0.1, 0.15) is 21.5 Å². The number of benzene rings is 2. The first-order valence-corrected chi connectivity index (χ1v) is 7.49. The number of ether oxygens (including phenoxy) is 1. The van der Waals surface area contributed by atoms with E-state index in [1.165, 1.54) is 0 Å². The molecule has 1 heterocycles. The Hall–Kier alpha value is -2.82. The van der Waals surface area contributed by atoms with E-state index in [1.807, 2.05) is 24.3 Å². The topological polar surface area (TPSA) is 67.4 Å². The van der Waals surface area contributed by atoms with Gasteiger partial charge >= 0.3 is 0 Å². The molecule has 2 N–H and O–H groups in total. The first kappa shape index (κ1) is 15.1. The molecule has 1 aliphatic heterocycles. The van der Waals surface area contributed by atoms with Crippen molar-refractivity contribution in [1.82, 2.24) is 5.32 Å². The quantitative estimate of drug-likeness (QED) is 0.889. The molecule has 5 heteroatoms. The van der Waals surface area contributed by atoms with Crippen LogP contribution in [0.15, 0.2) is 42.5 Å². The number of anilines is 1. The van der Waals surface area contributed by atoms with Crippen LogP contribution < -0.4 is 15.4 Å². The van der Waals surface area contributed by atoms with Crippen LogP contribution in [0.4, 0.5) is 5.69 Å². The second-order valence-electron chi connectivity index (χ2n) is 5.45. The summed E-state index contributed by atoms with van der Waals surface area (Å²) in [6, 6.07) is 13.1. The summed E-state index contributed by atoms with van der Waals surface area (Å²) in [6.07, 6.45) is 1.06. The maximum atomic E-state index is 12.2. The zero-order chi connectivity index (χ0) is 16.2. The molecule has 0 spiro atoms. The summed E-state index contributed by atoms with van der Waals surface area (Å²) in [5.41, 5.74) is 3.35. The lowest BCUT2D eigenvalue weighted by atomic mass is 10.1. The molecular formula is C18H18N2O3. The molecule has 0 aromatic heterocycles. The normalized spacial score (nSPS) is 12.5. The van der Waals surface area contributed by atoms with Gasteiger partial charge < -0.3 is 15.4 Å². The summed E-state index contributed by atoms with van der Waals surface area (Å²) in [5, 5.41) is 5.66. The van der Waals surface area contributed by atoms with Crippen LogP contribution in [0.3, 0.4) is 0 Å². The van der Waals surface area contributed by atoms with Crippen LogP contribution in [0.2, 0.25) is 0 Å². The third-order valence-electron chi connectivity index (χ3n) is 3.83. The van der Waals surface area contributed by atoms with Gasteiger partial charge in [-0.25, -0.2) is 0 Å². The molecule has 5 nitrogen and oxygen atoms in total. The van der Waals surface area contributed by atoms with Crippen molar-refractivity contribution in [2.24, 2.45) is 0 Å². The smallest absolute Gasteiger partial charge is 0.251 e. The molecule has 0 bridgehead atoms. The van der Waals surface area contributed by atoms with Crippen molar-refractivity contribution in [2.75, 3.05) is 19.0 Å². The summed E-state index contributed by atoms with van der Waals surface area (Å²) in [4.78, 5) is 23.5. The van der Waals surface area contributed by atoms with Crippen molar-refractivity contribution in [3.05, 3.63) is 59.2 Å². The van der Waals surface area contributed by atoms with Gasteiger partial charge in [0.25, 0.3) is 5.91 Å². The number of hydrogen-bond donors (Lipinski definition) is 2. The van der Waals surface area contributed by atoms with Crippen molar-refractivity contribution in [3.63, 3.8) is 0 Å². The minimum atomic E-state index is -0.130. The molecule has 2 aromatic carbocycles. The highest BCUT2D eigenvalue weighted by Gasteiger charge is 2.18. The van der Waals surface area contributed by atoms with Gasteiger partial charge in [0.2, 0.25) is 5.91 Å². The van der Waals surface area contributed by atoms with Crippen LogP contribution in [0.5, 0.6) is 5.75 Å². The van der Waals surface area contributed by atoms with Crippen LogP contribution in [0, 0.1) is 0 Å². The van der Waals surface area contributed by atoms with Crippen molar-refractivity contribution in [2.45, 2.75) is 12.8 Å². The fraction of sp³-hybridized carbons (Fsp3) is 0.222. The monoisotopic (exact) mass is 310 g/mol. The van der Waals surface area contributed by atoms with Gasteiger partial charge in [-0.1, -0.05) is 12.1 Å². The Balaban J connectivity index is 1.57. The van der Waals surface area contributed by atoms with Crippen molar-refractivity contribution in [1.29, 1.82) is 0 Å². The molecule has 3 rings (SSSR count). The molecule has 0 saturated carbocycles. The highest BCUT2D eigenvalue weighted by atomic mass is 16.5. The minimum Gasteiger partial charge on any atom is -0.497 e.